The molecule has 3 unspecified atom stereocenters. The highest BCUT2D eigenvalue weighted by Crippen LogP contribution is 2.22. The number of hydrogen-bond acceptors (Lipinski definition) is 5. The fraction of sp³-hybridized carbons (Fsp3) is 0.378. The number of amides is 3. The van der Waals surface area contributed by atoms with Gasteiger partial charge in [-0.05, 0) is 74.7 Å². The van der Waals surface area contributed by atoms with E-state index in [-0.39, 0.29) is 30.8 Å². The van der Waals surface area contributed by atoms with Gasteiger partial charge < -0.3 is 25.5 Å². The van der Waals surface area contributed by atoms with Gasteiger partial charge in [0.2, 0.25) is 17.7 Å². The number of halogens is 1. The van der Waals surface area contributed by atoms with E-state index < -0.39 is 35.8 Å². The maximum Gasteiger partial charge on any atom is 0.246 e. The number of rotatable bonds is 15. The minimum atomic E-state index is -0.977. The highest BCUT2D eigenvalue weighted by molar-refractivity contribution is 5.95. The van der Waals surface area contributed by atoms with Crippen molar-refractivity contribution in [3.05, 3.63) is 108 Å². The average molecular weight is 631 g/mol. The highest BCUT2D eigenvalue weighted by Gasteiger charge is 2.35. The molecule has 0 saturated heterocycles. The van der Waals surface area contributed by atoms with E-state index in [0.717, 1.165) is 16.7 Å². The molecule has 0 spiro atoms. The van der Waals surface area contributed by atoms with Crippen LogP contribution in [0.1, 0.15) is 38.3 Å². The van der Waals surface area contributed by atoms with Crippen molar-refractivity contribution in [2.24, 2.45) is 0 Å². The van der Waals surface area contributed by atoms with Gasteiger partial charge in [-0.15, -0.1) is 0 Å². The Morgan fingerprint density at radius 2 is 1.39 bits per heavy atom. The van der Waals surface area contributed by atoms with E-state index in [2.05, 4.69) is 10.6 Å². The monoisotopic (exact) mass is 630 g/mol. The largest absolute Gasteiger partial charge is 0.392 e. The molecule has 3 aromatic rings. The van der Waals surface area contributed by atoms with Crippen molar-refractivity contribution in [1.82, 2.24) is 20.4 Å². The summed E-state index contributed by atoms with van der Waals surface area (Å²) in [5.74, 6) is -1.64. The van der Waals surface area contributed by atoms with E-state index in [1.54, 1.807) is 32.2 Å². The number of carbonyl (C=O) groups excluding carboxylic acids is 3. The van der Waals surface area contributed by atoms with Crippen LogP contribution in [-0.4, -0.2) is 84.0 Å². The standard InChI is InChI=1S/C37H47FN4O4/c1-26(43)25-40-35(45)32(23-28-16-20-31(38)21-17-28)42(6)36(46)33(41(5)34(44)13-10-22-37(2,3)39-4)24-27-14-18-30(19-15-27)29-11-8-7-9-12-29/h7-21,26,32-33,39,43H,22-25H2,1-6H3,(H,40,45)/b13-10+. The number of hydrogen-bond donors (Lipinski definition) is 3. The van der Waals surface area contributed by atoms with Crippen molar-refractivity contribution in [3.63, 3.8) is 0 Å². The minimum absolute atomic E-state index is 0.00409. The Hall–Kier alpha value is -4.34. The second-order valence-corrected chi connectivity index (χ2v) is 12.4. The van der Waals surface area contributed by atoms with Crippen molar-refractivity contribution < 1.29 is 23.9 Å². The number of benzene rings is 3. The summed E-state index contributed by atoms with van der Waals surface area (Å²) in [6.07, 6.45) is 3.41. The lowest BCUT2D eigenvalue weighted by Crippen LogP contribution is -2.56. The van der Waals surface area contributed by atoms with Crippen LogP contribution in [0, 0.1) is 5.82 Å². The Morgan fingerprint density at radius 1 is 0.848 bits per heavy atom. The maximum atomic E-state index is 14.3. The zero-order valence-corrected chi connectivity index (χ0v) is 27.7. The summed E-state index contributed by atoms with van der Waals surface area (Å²) >= 11 is 0. The molecule has 0 heterocycles. The van der Waals surface area contributed by atoms with E-state index in [4.69, 9.17) is 0 Å². The molecule has 0 bridgehead atoms. The normalized spacial score (nSPS) is 13.6. The summed E-state index contributed by atoms with van der Waals surface area (Å²) < 4.78 is 13.6. The Balaban J connectivity index is 1.93. The van der Waals surface area contributed by atoms with Gasteiger partial charge in [0.1, 0.15) is 17.9 Å². The van der Waals surface area contributed by atoms with Gasteiger partial charge in [-0.2, -0.15) is 0 Å². The van der Waals surface area contributed by atoms with Crippen LogP contribution in [0.2, 0.25) is 0 Å². The molecule has 46 heavy (non-hydrogen) atoms. The highest BCUT2D eigenvalue weighted by atomic mass is 19.1. The molecule has 0 aliphatic rings. The van der Waals surface area contributed by atoms with E-state index in [9.17, 15) is 23.9 Å². The number of aliphatic hydroxyl groups excluding tert-OH is 1. The summed E-state index contributed by atoms with van der Waals surface area (Å²) in [6, 6.07) is 21.6. The topological polar surface area (TPSA) is 102 Å². The van der Waals surface area contributed by atoms with Gasteiger partial charge in [0.05, 0.1) is 6.10 Å². The van der Waals surface area contributed by atoms with Crippen LogP contribution in [0.3, 0.4) is 0 Å². The van der Waals surface area contributed by atoms with Crippen molar-refractivity contribution >= 4 is 17.7 Å². The van der Waals surface area contributed by atoms with Gasteiger partial charge in [0.15, 0.2) is 0 Å². The Bertz CT molecular complexity index is 1460. The molecule has 0 aliphatic heterocycles. The fourth-order valence-corrected chi connectivity index (χ4v) is 4.91. The molecule has 0 aliphatic carbocycles. The van der Waals surface area contributed by atoms with Gasteiger partial charge in [-0.25, -0.2) is 4.39 Å². The first-order valence-corrected chi connectivity index (χ1v) is 15.5. The predicted molar refractivity (Wildman–Crippen MR) is 180 cm³/mol. The van der Waals surface area contributed by atoms with Gasteiger partial charge in [0.25, 0.3) is 0 Å². The van der Waals surface area contributed by atoms with Crippen LogP contribution < -0.4 is 10.6 Å². The molecule has 3 rings (SSSR count). The summed E-state index contributed by atoms with van der Waals surface area (Å²) in [7, 11) is 4.98. The first-order valence-electron chi connectivity index (χ1n) is 15.5. The summed E-state index contributed by atoms with van der Waals surface area (Å²) in [6.45, 7) is 5.60. The quantitative estimate of drug-likeness (QED) is 0.217. The smallest absolute Gasteiger partial charge is 0.246 e. The van der Waals surface area contributed by atoms with Crippen molar-refractivity contribution in [3.8, 4) is 11.1 Å². The van der Waals surface area contributed by atoms with Crippen LogP contribution >= 0.6 is 0 Å². The molecule has 0 saturated carbocycles. The SMILES string of the molecule is CNC(C)(C)C/C=C/C(=O)N(C)C(Cc1ccc(-c2ccccc2)cc1)C(=O)N(C)C(Cc1ccc(F)cc1)C(=O)NCC(C)O. The van der Waals surface area contributed by atoms with Gasteiger partial charge in [-0.3, -0.25) is 14.4 Å². The number of carbonyl (C=O) groups is 3. The van der Waals surface area contributed by atoms with Crippen molar-refractivity contribution in [2.75, 3.05) is 27.7 Å². The maximum absolute atomic E-state index is 14.3. The molecule has 3 amide bonds. The Labute approximate surface area is 272 Å². The molecule has 8 nitrogen and oxygen atoms in total. The zero-order valence-electron chi connectivity index (χ0n) is 27.7. The third-order valence-electron chi connectivity index (χ3n) is 8.19. The number of nitrogens with one attached hydrogen (secondary N) is 2. The van der Waals surface area contributed by atoms with E-state index in [1.165, 1.54) is 35.1 Å². The fourth-order valence-electron chi connectivity index (χ4n) is 4.91. The lowest BCUT2D eigenvalue weighted by molar-refractivity contribution is -0.146. The van der Waals surface area contributed by atoms with Crippen LogP contribution in [-0.2, 0) is 27.2 Å². The predicted octanol–water partition coefficient (Wildman–Crippen LogP) is 4.37. The van der Waals surface area contributed by atoms with E-state index in [1.807, 2.05) is 75.5 Å². The number of likely N-dealkylation sites (N-methyl/N-ethyl adjacent to an activating group) is 2. The van der Waals surface area contributed by atoms with E-state index >= 15 is 0 Å². The minimum Gasteiger partial charge on any atom is -0.392 e. The first-order chi connectivity index (χ1) is 21.8. The zero-order chi connectivity index (χ0) is 33.9. The molecule has 9 heteroatoms. The van der Waals surface area contributed by atoms with Crippen molar-refractivity contribution in [2.45, 2.75) is 63.8 Å². The molecular formula is C37H47FN4O4. The second kappa shape index (κ2) is 16.8. The third kappa shape index (κ3) is 10.6. The number of nitrogens with zero attached hydrogens (tertiary/aromatic N) is 2. The molecule has 0 fully saturated rings. The number of aliphatic hydroxyl groups is 1. The van der Waals surface area contributed by atoms with E-state index in [0.29, 0.717) is 12.0 Å². The molecule has 3 aromatic carbocycles. The van der Waals surface area contributed by atoms with Crippen LogP contribution in [0.25, 0.3) is 11.1 Å². The van der Waals surface area contributed by atoms with Crippen LogP contribution in [0.15, 0.2) is 91.0 Å². The summed E-state index contributed by atoms with van der Waals surface area (Å²) in [4.78, 5) is 43.9. The molecule has 0 radical (unpaired) electrons. The summed E-state index contributed by atoms with van der Waals surface area (Å²) in [5.41, 5.74) is 3.39. The molecular weight excluding hydrogens is 583 g/mol. The average Bonchev–Trinajstić information content (AvgIpc) is 3.05. The van der Waals surface area contributed by atoms with Crippen LogP contribution in [0.4, 0.5) is 4.39 Å². The Morgan fingerprint density at radius 3 is 1.96 bits per heavy atom. The molecule has 3 N–H and O–H groups in total. The molecule has 246 valence electrons. The van der Waals surface area contributed by atoms with Gasteiger partial charge in [-0.1, -0.05) is 72.8 Å². The van der Waals surface area contributed by atoms with Gasteiger partial charge >= 0.3 is 0 Å². The summed E-state index contributed by atoms with van der Waals surface area (Å²) in [5, 5.41) is 15.7. The lowest BCUT2D eigenvalue weighted by atomic mass is 9.98. The third-order valence-corrected chi connectivity index (χ3v) is 8.19. The van der Waals surface area contributed by atoms with Crippen molar-refractivity contribution in [1.29, 1.82) is 0 Å². The first kappa shape index (κ1) is 36.1. The van der Waals surface area contributed by atoms with Gasteiger partial charge in [0, 0.05) is 39.0 Å². The molecule has 3 atom stereocenters. The second-order valence-electron chi connectivity index (χ2n) is 12.4. The van der Waals surface area contributed by atoms with Crippen LogP contribution in [0.5, 0.6) is 0 Å². The molecule has 0 aromatic heterocycles. The lowest BCUT2D eigenvalue weighted by Gasteiger charge is -2.34. The Kier molecular flexibility index (Phi) is 13.2.